The molecule has 1 heterocycles. The highest BCUT2D eigenvalue weighted by molar-refractivity contribution is 5.94. The topological polar surface area (TPSA) is 93.0 Å². The number of hydrogen-bond acceptors (Lipinski definition) is 4. The SMILES string of the molecule is Cc1cnc(C(C)NC(=O)c2ccc(C)c(OCCCN)c2)[nH]1. The Kier molecular flexibility index (Phi) is 5.76. The molecule has 1 aromatic heterocycles. The number of carbonyl (C=O) groups excluding carboxylic acids is 1. The molecule has 0 aliphatic carbocycles. The highest BCUT2D eigenvalue weighted by Crippen LogP contribution is 2.20. The molecule has 2 rings (SSSR count). The Balaban J connectivity index is 2.05. The Hall–Kier alpha value is -2.34. The summed E-state index contributed by atoms with van der Waals surface area (Å²) in [6, 6.07) is 5.25. The van der Waals surface area contributed by atoms with E-state index < -0.39 is 0 Å². The molecule has 1 atom stereocenters. The number of aromatic amines is 1. The summed E-state index contributed by atoms with van der Waals surface area (Å²) in [5.74, 6) is 1.30. The summed E-state index contributed by atoms with van der Waals surface area (Å²) >= 11 is 0. The van der Waals surface area contributed by atoms with Crippen LogP contribution in [-0.4, -0.2) is 29.0 Å². The van der Waals surface area contributed by atoms with Crippen molar-refractivity contribution in [3.8, 4) is 5.75 Å². The second-order valence-electron chi connectivity index (χ2n) is 5.62. The number of nitrogens with one attached hydrogen (secondary N) is 2. The van der Waals surface area contributed by atoms with E-state index in [0.29, 0.717) is 24.5 Å². The van der Waals surface area contributed by atoms with Gasteiger partial charge in [-0.2, -0.15) is 0 Å². The lowest BCUT2D eigenvalue weighted by Crippen LogP contribution is -2.27. The monoisotopic (exact) mass is 316 g/mol. The Bertz CT molecular complexity index is 666. The number of hydrogen-bond donors (Lipinski definition) is 3. The molecule has 0 saturated heterocycles. The Morgan fingerprint density at radius 2 is 2.22 bits per heavy atom. The zero-order valence-corrected chi connectivity index (χ0v) is 13.8. The zero-order chi connectivity index (χ0) is 16.8. The minimum atomic E-state index is -0.195. The van der Waals surface area contributed by atoms with E-state index in [0.717, 1.165) is 23.5 Å². The smallest absolute Gasteiger partial charge is 0.251 e. The van der Waals surface area contributed by atoms with Crippen molar-refractivity contribution in [2.45, 2.75) is 33.2 Å². The summed E-state index contributed by atoms with van der Waals surface area (Å²) in [5.41, 5.74) is 7.99. The minimum Gasteiger partial charge on any atom is -0.493 e. The van der Waals surface area contributed by atoms with Crippen LogP contribution in [0.3, 0.4) is 0 Å². The normalized spacial score (nSPS) is 12.0. The van der Waals surface area contributed by atoms with Gasteiger partial charge in [-0.25, -0.2) is 4.98 Å². The molecule has 0 fully saturated rings. The van der Waals surface area contributed by atoms with Gasteiger partial charge in [0.1, 0.15) is 11.6 Å². The third-order valence-electron chi connectivity index (χ3n) is 3.54. The van der Waals surface area contributed by atoms with Gasteiger partial charge in [0.25, 0.3) is 5.91 Å². The minimum absolute atomic E-state index is 0.157. The van der Waals surface area contributed by atoms with Gasteiger partial charge in [0.05, 0.1) is 12.6 Å². The van der Waals surface area contributed by atoms with E-state index in [-0.39, 0.29) is 11.9 Å². The number of H-pyrrole nitrogens is 1. The van der Waals surface area contributed by atoms with Gasteiger partial charge < -0.3 is 20.8 Å². The molecule has 0 saturated carbocycles. The van der Waals surface area contributed by atoms with E-state index >= 15 is 0 Å². The third kappa shape index (κ3) is 4.56. The van der Waals surface area contributed by atoms with E-state index in [1.54, 1.807) is 18.3 Å². The Morgan fingerprint density at radius 1 is 1.43 bits per heavy atom. The molecule has 0 bridgehead atoms. The van der Waals surface area contributed by atoms with Crippen molar-refractivity contribution in [2.75, 3.05) is 13.2 Å². The number of amides is 1. The quantitative estimate of drug-likeness (QED) is 0.683. The van der Waals surface area contributed by atoms with Gasteiger partial charge in [-0.05, 0) is 51.4 Å². The summed E-state index contributed by atoms with van der Waals surface area (Å²) in [5, 5.41) is 2.93. The van der Waals surface area contributed by atoms with Crippen LogP contribution in [0, 0.1) is 13.8 Å². The van der Waals surface area contributed by atoms with Gasteiger partial charge in [0.2, 0.25) is 0 Å². The zero-order valence-electron chi connectivity index (χ0n) is 13.8. The molecule has 23 heavy (non-hydrogen) atoms. The maximum Gasteiger partial charge on any atom is 0.251 e. The summed E-state index contributed by atoms with van der Waals surface area (Å²) in [4.78, 5) is 19.8. The number of imidazole rings is 1. The molecule has 0 aliphatic heterocycles. The van der Waals surface area contributed by atoms with Crippen LogP contribution in [0.25, 0.3) is 0 Å². The molecule has 0 radical (unpaired) electrons. The van der Waals surface area contributed by atoms with E-state index in [1.165, 1.54) is 0 Å². The van der Waals surface area contributed by atoms with Gasteiger partial charge >= 0.3 is 0 Å². The molecule has 6 nitrogen and oxygen atoms in total. The fourth-order valence-electron chi connectivity index (χ4n) is 2.16. The van der Waals surface area contributed by atoms with Crippen LogP contribution in [0.15, 0.2) is 24.4 Å². The Morgan fingerprint density at radius 3 is 2.87 bits per heavy atom. The molecule has 1 aromatic carbocycles. The van der Waals surface area contributed by atoms with Gasteiger partial charge in [0, 0.05) is 17.5 Å². The number of ether oxygens (including phenoxy) is 1. The van der Waals surface area contributed by atoms with Crippen LogP contribution < -0.4 is 15.8 Å². The molecule has 1 amide bonds. The van der Waals surface area contributed by atoms with Crippen molar-refractivity contribution >= 4 is 5.91 Å². The van der Waals surface area contributed by atoms with Crippen LogP contribution in [0.4, 0.5) is 0 Å². The standard InChI is InChI=1S/C17H24N4O2/c1-11-5-6-14(9-15(11)23-8-4-7-18)17(22)21-13(3)16-19-10-12(2)20-16/h5-6,9-10,13H,4,7-8,18H2,1-3H3,(H,19,20)(H,21,22). The maximum absolute atomic E-state index is 12.4. The number of aromatic nitrogens is 2. The summed E-state index contributed by atoms with van der Waals surface area (Å²) in [6.07, 6.45) is 2.53. The van der Waals surface area contributed by atoms with Crippen molar-refractivity contribution in [3.05, 3.63) is 47.0 Å². The number of aryl methyl sites for hydroxylation is 2. The average molecular weight is 316 g/mol. The first-order chi connectivity index (χ1) is 11.0. The number of nitrogens with two attached hydrogens (primary N) is 1. The van der Waals surface area contributed by atoms with Crippen LogP contribution in [0.5, 0.6) is 5.75 Å². The lowest BCUT2D eigenvalue weighted by molar-refractivity contribution is 0.0938. The van der Waals surface area contributed by atoms with Crippen molar-refractivity contribution in [1.82, 2.24) is 15.3 Å². The van der Waals surface area contributed by atoms with Gasteiger partial charge in [-0.15, -0.1) is 0 Å². The van der Waals surface area contributed by atoms with Gasteiger partial charge in [-0.3, -0.25) is 4.79 Å². The average Bonchev–Trinajstić information content (AvgIpc) is 2.96. The number of nitrogens with zero attached hydrogens (tertiary/aromatic N) is 1. The first-order valence-corrected chi connectivity index (χ1v) is 7.77. The van der Waals surface area contributed by atoms with E-state index in [9.17, 15) is 4.79 Å². The molecule has 4 N–H and O–H groups in total. The summed E-state index contributed by atoms with van der Waals surface area (Å²) in [7, 11) is 0. The van der Waals surface area contributed by atoms with Crippen LogP contribution in [0.1, 0.15) is 46.8 Å². The third-order valence-corrected chi connectivity index (χ3v) is 3.54. The van der Waals surface area contributed by atoms with Crippen molar-refractivity contribution in [1.29, 1.82) is 0 Å². The van der Waals surface area contributed by atoms with Crippen molar-refractivity contribution < 1.29 is 9.53 Å². The predicted octanol–water partition coefficient (Wildman–Crippen LogP) is 2.25. The summed E-state index contributed by atoms with van der Waals surface area (Å²) < 4.78 is 5.68. The van der Waals surface area contributed by atoms with Gasteiger partial charge in [-0.1, -0.05) is 6.07 Å². The molecule has 6 heteroatoms. The fourth-order valence-corrected chi connectivity index (χ4v) is 2.16. The van der Waals surface area contributed by atoms with E-state index in [4.69, 9.17) is 10.5 Å². The number of rotatable bonds is 7. The predicted molar refractivity (Wildman–Crippen MR) is 89.6 cm³/mol. The molecule has 124 valence electrons. The molecule has 0 aliphatic rings. The molecule has 1 unspecified atom stereocenters. The largest absolute Gasteiger partial charge is 0.493 e. The fraction of sp³-hybridized carbons (Fsp3) is 0.412. The number of carbonyl (C=O) groups is 1. The van der Waals surface area contributed by atoms with Crippen molar-refractivity contribution in [3.63, 3.8) is 0 Å². The highest BCUT2D eigenvalue weighted by Gasteiger charge is 2.15. The van der Waals surface area contributed by atoms with Crippen molar-refractivity contribution in [2.24, 2.45) is 5.73 Å². The second kappa shape index (κ2) is 7.78. The van der Waals surface area contributed by atoms with E-state index in [2.05, 4.69) is 15.3 Å². The summed E-state index contributed by atoms with van der Waals surface area (Å²) in [6.45, 7) is 6.90. The molecular formula is C17H24N4O2. The van der Waals surface area contributed by atoms with Crippen LogP contribution >= 0.6 is 0 Å². The van der Waals surface area contributed by atoms with E-state index in [1.807, 2.05) is 26.8 Å². The number of benzene rings is 1. The Labute approximate surface area is 136 Å². The second-order valence-corrected chi connectivity index (χ2v) is 5.62. The molecule has 2 aromatic rings. The lowest BCUT2D eigenvalue weighted by atomic mass is 10.1. The lowest BCUT2D eigenvalue weighted by Gasteiger charge is -2.14. The first-order valence-electron chi connectivity index (χ1n) is 7.77. The van der Waals surface area contributed by atoms with Crippen LogP contribution in [-0.2, 0) is 0 Å². The first kappa shape index (κ1) is 17.0. The molecular weight excluding hydrogens is 292 g/mol. The van der Waals surface area contributed by atoms with Crippen LogP contribution in [0.2, 0.25) is 0 Å². The highest BCUT2D eigenvalue weighted by atomic mass is 16.5. The molecule has 0 spiro atoms. The van der Waals surface area contributed by atoms with Gasteiger partial charge in [0.15, 0.2) is 0 Å². The maximum atomic E-state index is 12.4.